The van der Waals surface area contributed by atoms with E-state index in [2.05, 4.69) is 20.4 Å². The molecule has 304 valence electrons. The average Bonchev–Trinajstić information content (AvgIpc) is 3.87. The number of fused-ring (bicyclic) bond motifs is 2. The summed E-state index contributed by atoms with van der Waals surface area (Å²) < 4.78 is 13.3. The molecule has 60 heavy (non-hydrogen) atoms. The smallest absolute Gasteiger partial charge is 0.356 e. The van der Waals surface area contributed by atoms with Gasteiger partial charge < -0.3 is 29.5 Å². The Labute approximate surface area is 343 Å². The molecule has 16 nitrogen and oxygen atoms in total. The van der Waals surface area contributed by atoms with E-state index in [4.69, 9.17) is 9.47 Å². The molecule has 2 aliphatic heterocycles. The third kappa shape index (κ3) is 6.80. The lowest BCUT2D eigenvalue weighted by Crippen LogP contribution is -2.39. The predicted octanol–water partition coefficient (Wildman–Crippen LogP) is 7.42. The number of benzene rings is 4. The van der Waals surface area contributed by atoms with Crippen LogP contribution in [-0.2, 0) is 25.7 Å². The second-order valence-corrected chi connectivity index (χ2v) is 14.1. The highest BCUT2D eigenvalue weighted by atomic mass is 16.5. The maximum Gasteiger partial charge on any atom is 0.356 e. The molecule has 0 saturated heterocycles. The Balaban J connectivity index is 1.05. The first kappa shape index (κ1) is 39.2. The number of hydrogen-bond acceptors (Lipinski definition) is 10. The number of carboxylic acid groups (broad SMARTS) is 2. The van der Waals surface area contributed by atoms with Gasteiger partial charge in [0.05, 0.1) is 37.0 Å². The number of carboxylic acids is 2. The Morgan fingerprint density at radius 1 is 0.617 bits per heavy atom. The van der Waals surface area contributed by atoms with Crippen molar-refractivity contribution in [3.8, 4) is 22.9 Å². The molecule has 4 aromatic carbocycles. The van der Waals surface area contributed by atoms with Gasteiger partial charge in [0.2, 0.25) is 0 Å². The van der Waals surface area contributed by atoms with Crippen LogP contribution in [0, 0.1) is 0 Å². The Kier molecular flexibility index (Phi) is 10.4. The highest BCUT2D eigenvalue weighted by Gasteiger charge is 2.37. The number of anilines is 2. The number of ether oxygens (including phenoxy) is 2. The Morgan fingerprint density at radius 3 is 1.55 bits per heavy atom. The van der Waals surface area contributed by atoms with E-state index in [1.807, 2.05) is 26.0 Å². The number of nitrogens with zero attached hydrogens (tertiary/aromatic N) is 8. The van der Waals surface area contributed by atoms with Crippen molar-refractivity contribution in [1.29, 1.82) is 0 Å². The van der Waals surface area contributed by atoms with Crippen molar-refractivity contribution < 1.29 is 38.9 Å². The van der Waals surface area contributed by atoms with Crippen molar-refractivity contribution in [2.45, 2.75) is 39.5 Å². The summed E-state index contributed by atoms with van der Waals surface area (Å²) in [4.78, 5) is 55.9. The first-order valence-electron chi connectivity index (χ1n) is 19.4. The topological polar surface area (TPSA) is 194 Å². The molecule has 16 heteroatoms. The zero-order valence-corrected chi connectivity index (χ0v) is 33.2. The third-order valence-corrected chi connectivity index (χ3v) is 10.9. The molecule has 8 rings (SSSR count). The van der Waals surface area contributed by atoms with Crippen LogP contribution < -0.4 is 19.3 Å². The van der Waals surface area contributed by atoms with Crippen LogP contribution in [0.15, 0.2) is 95.2 Å². The molecule has 0 unspecified atom stereocenters. The minimum Gasteiger partial charge on any atom is -0.497 e. The number of rotatable bonds is 12. The summed E-state index contributed by atoms with van der Waals surface area (Å²) >= 11 is 0. The highest BCUT2D eigenvalue weighted by molar-refractivity contribution is 6.10. The molecule has 0 aliphatic carbocycles. The van der Waals surface area contributed by atoms with Gasteiger partial charge in [0.15, 0.2) is 11.4 Å². The van der Waals surface area contributed by atoms with Crippen molar-refractivity contribution in [3.63, 3.8) is 0 Å². The molecule has 6 aromatic rings. The van der Waals surface area contributed by atoms with Crippen LogP contribution in [0.25, 0.3) is 11.4 Å². The normalized spacial score (nSPS) is 13.7. The summed E-state index contributed by atoms with van der Waals surface area (Å²) in [5, 5.41) is 37.7. The summed E-state index contributed by atoms with van der Waals surface area (Å²) in [7, 11) is 3.09. The number of aromatic nitrogens is 4. The average molecular weight is 809 g/mol. The van der Waals surface area contributed by atoms with E-state index in [9.17, 15) is 29.4 Å². The molecule has 0 atom stereocenters. The quantitative estimate of drug-likeness (QED) is 0.118. The predicted molar refractivity (Wildman–Crippen MR) is 221 cm³/mol. The zero-order chi connectivity index (χ0) is 42.2. The molecular formula is C44H40N8O8. The van der Waals surface area contributed by atoms with E-state index in [1.54, 1.807) is 96.8 Å². The van der Waals surface area contributed by atoms with Crippen molar-refractivity contribution in [1.82, 2.24) is 19.6 Å². The van der Waals surface area contributed by atoms with Gasteiger partial charge in [-0.25, -0.2) is 19.0 Å². The lowest BCUT2D eigenvalue weighted by molar-refractivity contribution is 0.0678. The number of azo groups is 1. The molecule has 0 radical (unpaired) electrons. The van der Waals surface area contributed by atoms with Crippen LogP contribution >= 0.6 is 0 Å². The number of methoxy groups -OCH3 is 2. The fourth-order valence-electron chi connectivity index (χ4n) is 7.97. The van der Waals surface area contributed by atoms with Gasteiger partial charge in [-0.1, -0.05) is 13.8 Å². The van der Waals surface area contributed by atoms with Gasteiger partial charge in [-0.15, -0.1) is 0 Å². The van der Waals surface area contributed by atoms with Gasteiger partial charge in [-0.2, -0.15) is 20.4 Å². The summed E-state index contributed by atoms with van der Waals surface area (Å²) in [5.41, 5.74) is 6.29. The SMILES string of the molecule is CCc1c(N=Nc2ccc(N3CCc4c(C(=O)O)nn(-c5ccc(OC)cc5)c4C3=O)cc2)ccc(N2CCc3c(C(=O)O)nn(-c4ccc(OC)cc4)c3C2=O)c1CC. The summed E-state index contributed by atoms with van der Waals surface area (Å²) in [6, 6.07) is 24.5. The van der Waals surface area contributed by atoms with E-state index >= 15 is 0 Å². The lowest BCUT2D eigenvalue weighted by Gasteiger charge is -2.30. The lowest BCUT2D eigenvalue weighted by atomic mass is 9.96. The summed E-state index contributed by atoms with van der Waals surface area (Å²) in [6.07, 6.45) is 1.82. The largest absolute Gasteiger partial charge is 0.497 e. The van der Waals surface area contributed by atoms with Crippen LogP contribution in [0.5, 0.6) is 11.5 Å². The monoisotopic (exact) mass is 808 g/mol. The van der Waals surface area contributed by atoms with E-state index in [0.29, 0.717) is 82.4 Å². The maximum atomic E-state index is 14.3. The molecule has 2 aliphatic rings. The molecule has 0 saturated carbocycles. The van der Waals surface area contributed by atoms with Crippen molar-refractivity contribution in [3.05, 3.63) is 130 Å². The summed E-state index contributed by atoms with van der Waals surface area (Å²) in [6.45, 7) is 4.56. The molecule has 0 fully saturated rings. The number of hydrogen-bond donors (Lipinski definition) is 2. The molecular weight excluding hydrogens is 769 g/mol. The Hall–Kier alpha value is -7.62. The van der Waals surface area contributed by atoms with Crippen LogP contribution in [-0.4, -0.2) is 80.8 Å². The second kappa shape index (κ2) is 16.0. The van der Waals surface area contributed by atoms with Crippen LogP contribution in [0.4, 0.5) is 22.7 Å². The third-order valence-electron chi connectivity index (χ3n) is 10.9. The van der Waals surface area contributed by atoms with Crippen molar-refractivity contribution in [2.24, 2.45) is 10.2 Å². The molecule has 4 heterocycles. The van der Waals surface area contributed by atoms with Crippen LogP contribution in [0.1, 0.15) is 78.1 Å². The van der Waals surface area contributed by atoms with Gasteiger partial charge in [-0.05, 0) is 122 Å². The Morgan fingerprint density at radius 2 is 1.08 bits per heavy atom. The van der Waals surface area contributed by atoms with E-state index in [-0.39, 0.29) is 47.7 Å². The molecule has 2 amide bonds. The maximum absolute atomic E-state index is 14.3. The molecule has 2 aromatic heterocycles. The number of amides is 2. The number of carbonyl (C=O) groups excluding carboxylic acids is 2. The van der Waals surface area contributed by atoms with Gasteiger partial charge >= 0.3 is 11.9 Å². The van der Waals surface area contributed by atoms with Crippen molar-refractivity contribution >= 4 is 46.5 Å². The van der Waals surface area contributed by atoms with E-state index < -0.39 is 11.9 Å². The van der Waals surface area contributed by atoms with E-state index in [1.165, 1.54) is 9.36 Å². The molecule has 0 spiro atoms. The fourth-order valence-corrected chi connectivity index (χ4v) is 7.97. The number of carbonyl (C=O) groups is 4. The molecule has 2 N–H and O–H groups in total. The highest BCUT2D eigenvalue weighted by Crippen LogP contribution is 2.37. The first-order valence-corrected chi connectivity index (χ1v) is 19.4. The van der Waals surface area contributed by atoms with Gasteiger partial charge in [0, 0.05) is 35.6 Å². The van der Waals surface area contributed by atoms with Gasteiger partial charge in [-0.3, -0.25) is 9.59 Å². The zero-order valence-electron chi connectivity index (χ0n) is 33.2. The van der Waals surface area contributed by atoms with Crippen LogP contribution in [0.3, 0.4) is 0 Å². The summed E-state index contributed by atoms with van der Waals surface area (Å²) in [5.74, 6) is -1.91. The minimum atomic E-state index is -1.20. The van der Waals surface area contributed by atoms with Gasteiger partial charge in [0.25, 0.3) is 11.8 Å². The Bertz CT molecular complexity index is 2700. The second-order valence-electron chi connectivity index (χ2n) is 14.1. The van der Waals surface area contributed by atoms with E-state index in [0.717, 1.165) is 11.1 Å². The minimum absolute atomic E-state index is 0.147. The van der Waals surface area contributed by atoms with Crippen molar-refractivity contribution in [2.75, 3.05) is 37.1 Å². The number of aromatic carboxylic acids is 2. The van der Waals surface area contributed by atoms with Gasteiger partial charge in [0.1, 0.15) is 22.9 Å². The van der Waals surface area contributed by atoms with Crippen LogP contribution in [0.2, 0.25) is 0 Å². The molecule has 0 bridgehead atoms. The first-order chi connectivity index (χ1) is 29.1. The standard InChI is InChI=1S/C44H40N8O8/c1-5-31-32(6-2)36(50-24-22-34-38(44(57)58)48-52(40(34)42(50)54)28-13-17-30(60-4)18-14-28)20-19-35(31)46-45-25-7-9-26(10-8-25)49-23-21-33-37(43(55)56)47-51(39(33)41(49)53)27-11-15-29(59-3)16-12-27/h7-20H,5-6,21-24H2,1-4H3,(H,55,56)(H,57,58). The fraction of sp³-hybridized carbons (Fsp3) is 0.227.